The fourth-order valence-electron chi connectivity index (χ4n) is 2.14. The van der Waals surface area contributed by atoms with E-state index in [9.17, 15) is 10.2 Å². The molecule has 0 heterocycles. The smallest absolute Gasteiger partial charge is 0.0758 e. The Bertz CT molecular complexity index is 372. The highest BCUT2D eigenvalue weighted by Crippen LogP contribution is 1.99. The number of aliphatic hydroxyl groups excluding tert-OH is 2. The summed E-state index contributed by atoms with van der Waals surface area (Å²) >= 11 is 0. The summed E-state index contributed by atoms with van der Waals surface area (Å²) in [6, 6.07) is 0. The van der Waals surface area contributed by atoms with Crippen LogP contribution in [0.2, 0.25) is 0 Å². The zero-order valence-corrected chi connectivity index (χ0v) is 15.5. The van der Waals surface area contributed by atoms with Gasteiger partial charge in [0.15, 0.2) is 0 Å². The van der Waals surface area contributed by atoms with Crippen LogP contribution in [0.3, 0.4) is 0 Å². The van der Waals surface area contributed by atoms with E-state index in [1.54, 1.807) is 12.2 Å². The Morgan fingerprint density at radius 1 is 0.792 bits per heavy atom. The van der Waals surface area contributed by atoms with E-state index in [1.165, 1.54) is 25.7 Å². The Kier molecular flexibility index (Phi) is 17.3. The molecule has 2 unspecified atom stereocenters. The van der Waals surface area contributed by atoms with Gasteiger partial charge in [-0.15, -0.1) is 0 Å². The molecule has 0 spiro atoms. The first kappa shape index (κ1) is 22.8. The van der Waals surface area contributed by atoms with Gasteiger partial charge in [-0.3, -0.25) is 0 Å². The summed E-state index contributed by atoms with van der Waals surface area (Å²) in [5.41, 5.74) is 0. The van der Waals surface area contributed by atoms with Crippen molar-refractivity contribution in [1.82, 2.24) is 5.32 Å². The van der Waals surface area contributed by atoms with Crippen LogP contribution in [-0.2, 0) is 0 Å². The fourth-order valence-corrected chi connectivity index (χ4v) is 2.14. The molecule has 0 rings (SSSR count). The van der Waals surface area contributed by atoms with E-state index in [4.69, 9.17) is 0 Å². The van der Waals surface area contributed by atoms with Crippen molar-refractivity contribution in [3.63, 3.8) is 0 Å². The molecule has 0 saturated heterocycles. The lowest BCUT2D eigenvalue weighted by molar-refractivity contribution is 0.211. The van der Waals surface area contributed by atoms with Crippen molar-refractivity contribution >= 4 is 0 Å². The second-order valence-corrected chi connectivity index (χ2v) is 6.00. The summed E-state index contributed by atoms with van der Waals surface area (Å²) in [5.74, 6) is 0. The van der Waals surface area contributed by atoms with E-state index < -0.39 is 12.2 Å². The van der Waals surface area contributed by atoms with Crippen LogP contribution < -0.4 is 5.32 Å². The Hall–Kier alpha value is -1.16. The third kappa shape index (κ3) is 17.2. The summed E-state index contributed by atoms with van der Waals surface area (Å²) in [6.45, 7) is 6.18. The summed E-state index contributed by atoms with van der Waals surface area (Å²) in [4.78, 5) is 0. The molecule has 0 amide bonds. The predicted molar refractivity (Wildman–Crippen MR) is 105 cm³/mol. The number of unbranched alkanes of at least 4 members (excludes halogenated alkanes) is 3. The molecule has 3 N–H and O–H groups in total. The molecule has 2 atom stereocenters. The Balaban J connectivity index is 3.68. The van der Waals surface area contributed by atoms with E-state index >= 15 is 0 Å². The molecule has 0 aromatic carbocycles. The molecule has 0 fully saturated rings. The summed E-state index contributed by atoms with van der Waals surface area (Å²) in [6.07, 6.45) is 21.6. The number of aliphatic hydroxyl groups is 2. The van der Waals surface area contributed by atoms with Gasteiger partial charge in [0, 0.05) is 0 Å². The first-order valence-corrected chi connectivity index (χ1v) is 9.44. The van der Waals surface area contributed by atoms with Crippen molar-refractivity contribution < 1.29 is 10.2 Å². The monoisotopic (exact) mass is 335 g/mol. The summed E-state index contributed by atoms with van der Waals surface area (Å²) in [7, 11) is 0. The van der Waals surface area contributed by atoms with Gasteiger partial charge in [-0.25, -0.2) is 0 Å². The third-order valence-electron chi connectivity index (χ3n) is 3.60. The third-order valence-corrected chi connectivity index (χ3v) is 3.60. The molecule has 3 nitrogen and oxygen atoms in total. The van der Waals surface area contributed by atoms with E-state index in [1.807, 2.05) is 30.4 Å². The maximum atomic E-state index is 9.83. The first-order chi connectivity index (χ1) is 11.7. The van der Waals surface area contributed by atoms with Crippen LogP contribution in [0.5, 0.6) is 0 Å². The minimum absolute atomic E-state index is 0.411. The molecule has 0 aliphatic heterocycles. The highest BCUT2D eigenvalue weighted by Gasteiger charge is 1.97. The van der Waals surface area contributed by atoms with E-state index in [-0.39, 0.29) is 0 Å². The van der Waals surface area contributed by atoms with Gasteiger partial charge in [-0.2, -0.15) is 0 Å². The van der Waals surface area contributed by atoms with Crippen molar-refractivity contribution in [2.24, 2.45) is 0 Å². The normalized spacial score (nSPS) is 15.3. The molecule has 0 radical (unpaired) electrons. The van der Waals surface area contributed by atoms with Crippen LogP contribution in [0.4, 0.5) is 0 Å². The Morgan fingerprint density at radius 3 is 2.17 bits per heavy atom. The molecule has 0 aromatic heterocycles. The molecule has 0 bridgehead atoms. The van der Waals surface area contributed by atoms with Gasteiger partial charge >= 0.3 is 0 Å². The lowest BCUT2D eigenvalue weighted by atomic mass is 10.2. The van der Waals surface area contributed by atoms with Crippen molar-refractivity contribution in [2.45, 2.75) is 71.0 Å². The number of hydrogen-bond donors (Lipinski definition) is 3. The van der Waals surface area contributed by atoms with Crippen LogP contribution in [0.25, 0.3) is 0 Å². The van der Waals surface area contributed by atoms with Crippen LogP contribution in [0.15, 0.2) is 48.6 Å². The zero-order valence-electron chi connectivity index (χ0n) is 15.5. The van der Waals surface area contributed by atoms with Crippen LogP contribution >= 0.6 is 0 Å². The molecule has 138 valence electrons. The van der Waals surface area contributed by atoms with Gasteiger partial charge in [-0.05, 0) is 38.8 Å². The zero-order chi connectivity index (χ0) is 17.9. The second-order valence-electron chi connectivity index (χ2n) is 6.00. The number of nitrogens with one attached hydrogen (secondary N) is 1. The molecule has 0 aromatic rings. The van der Waals surface area contributed by atoms with E-state index in [2.05, 4.69) is 25.2 Å². The van der Waals surface area contributed by atoms with Gasteiger partial charge in [0.25, 0.3) is 0 Å². The minimum atomic E-state index is -0.435. The molecule has 3 heteroatoms. The minimum Gasteiger partial charge on any atom is -0.389 e. The predicted octanol–water partition coefficient (Wildman–Crippen LogP) is 4.29. The molecular weight excluding hydrogens is 298 g/mol. The topological polar surface area (TPSA) is 52.5 Å². The largest absolute Gasteiger partial charge is 0.389 e. The average Bonchev–Trinajstić information content (AvgIpc) is 2.57. The van der Waals surface area contributed by atoms with Gasteiger partial charge in [-0.1, -0.05) is 81.7 Å². The van der Waals surface area contributed by atoms with Crippen molar-refractivity contribution in [3.05, 3.63) is 48.6 Å². The Morgan fingerprint density at radius 2 is 1.50 bits per heavy atom. The lowest BCUT2D eigenvalue weighted by Crippen LogP contribution is -2.20. The van der Waals surface area contributed by atoms with E-state index in [0.29, 0.717) is 6.42 Å². The van der Waals surface area contributed by atoms with Gasteiger partial charge < -0.3 is 15.5 Å². The maximum Gasteiger partial charge on any atom is 0.0758 e. The summed E-state index contributed by atoms with van der Waals surface area (Å²) in [5, 5.41) is 22.9. The second kappa shape index (κ2) is 18.2. The quantitative estimate of drug-likeness (QED) is 0.238. The number of hydrogen-bond acceptors (Lipinski definition) is 3. The lowest BCUT2D eigenvalue weighted by Gasteiger charge is -2.06. The first-order valence-electron chi connectivity index (χ1n) is 9.44. The fraction of sp³-hybridized carbons (Fsp3) is 0.619. The van der Waals surface area contributed by atoms with Crippen molar-refractivity contribution in [1.29, 1.82) is 0 Å². The van der Waals surface area contributed by atoms with Crippen molar-refractivity contribution in [3.8, 4) is 0 Å². The molecular formula is C21H37NO2. The Labute approximate surface area is 148 Å². The molecule has 0 aliphatic carbocycles. The number of rotatable bonds is 15. The highest BCUT2D eigenvalue weighted by molar-refractivity contribution is 5.13. The average molecular weight is 336 g/mol. The van der Waals surface area contributed by atoms with Crippen LogP contribution in [-0.4, -0.2) is 35.5 Å². The molecule has 24 heavy (non-hydrogen) atoms. The van der Waals surface area contributed by atoms with Crippen molar-refractivity contribution in [2.75, 3.05) is 13.1 Å². The highest BCUT2D eigenvalue weighted by atomic mass is 16.3. The van der Waals surface area contributed by atoms with Gasteiger partial charge in [0.05, 0.1) is 12.2 Å². The number of allylic oxidation sites excluding steroid dienone is 5. The van der Waals surface area contributed by atoms with E-state index in [0.717, 1.165) is 25.9 Å². The van der Waals surface area contributed by atoms with Gasteiger partial charge in [0.2, 0.25) is 0 Å². The standard InChI is InChI=1S/C21H37NO2/c1-3-5-7-13-18-22-19-17-21(24)16-12-9-8-11-15-20(23)14-10-6-4-2/h6,8-12,15-16,20-24H,3-5,7,13-14,17-19H2,1-2H3. The maximum absolute atomic E-state index is 9.83. The van der Waals surface area contributed by atoms with Crippen LogP contribution in [0, 0.1) is 0 Å². The molecule has 0 aliphatic rings. The van der Waals surface area contributed by atoms with Crippen LogP contribution in [0.1, 0.15) is 58.8 Å². The SMILES string of the molecule is CCC=CCC(O)C=CC=CC=CC(O)CCNCCCCCC. The van der Waals surface area contributed by atoms with Gasteiger partial charge in [0.1, 0.15) is 0 Å². The summed E-state index contributed by atoms with van der Waals surface area (Å²) < 4.78 is 0. The molecule has 0 saturated carbocycles.